The highest BCUT2D eigenvalue weighted by atomic mass is 32.2. The van der Waals surface area contributed by atoms with Gasteiger partial charge in [-0.25, -0.2) is 13.8 Å². The molecule has 2 amide bonds. The minimum atomic E-state index is -3.66. The molecule has 2 aromatic rings. The van der Waals surface area contributed by atoms with E-state index in [-0.39, 0.29) is 18.6 Å². The molecule has 9 nitrogen and oxygen atoms in total. The molecule has 0 aromatic heterocycles. The van der Waals surface area contributed by atoms with Crippen molar-refractivity contribution in [3.8, 4) is 5.75 Å². The van der Waals surface area contributed by atoms with Crippen LogP contribution in [0.3, 0.4) is 0 Å². The molecule has 2 rings (SSSR count). The second-order valence-electron chi connectivity index (χ2n) is 7.43. The summed E-state index contributed by atoms with van der Waals surface area (Å²) in [4.78, 5) is 23.9. The monoisotopic (exact) mass is 460 g/mol. The molecule has 32 heavy (non-hydrogen) atoms. The second kappa shape index (κ2) is 11.3. The summed E-state index contributed by atoms with van der Waals surface area (Å²) in [6, 6.07) is 13.7. The van der Waals surface area contributed by atoms with Crippen LogP contribution in [0.2, 0.25) is 0 Å². The van der Waals surface area contributed by atoms with Crippen LogP contribution in [0.1, 0.15) is 25.0 Å². The van der Waals surface area contributed by atoms with E-state index < -0.39 is 22.5 Å². The molecule has 0 saturated heterocycles. The predicted molar refractivity (Wildman–Crippen MR) is 124 cm³/mol. The number of rotatable bonds is 10. The Morgan fingerprint density at radius 1 is 1.09 bits per heavy atom. The van der Waals surface area contributed by atoms with Gasteiger partial charge in [-0.15, -0.1) is 0 Å². The molecule has 10 heteroatoms. The van der Waals surface area contributed by atoms with Gasteiger partial charge in [0.15, 0.2) is 6.61 Å². The van der Waals surface area contributed by atoms with Crippen LogP contribution in [-0.2, 0) is 19.6 Å². The molecule has 0 aliphatic carbocycles. The largest absolute Gasteiger partial charge is 0.484 e. The molecule has 2 N–H and O–H groups in total. The van der Waals surface area contributed by atoms with E-state index in [1.807, 2.05) is 13.8 Å². The summed E-state index contributed by atoms with van der Waals surface area (Å²) in [5.74, 6) is -0.264. The van der Waals surface area contributed by atoms with Crippen LogP contribution in [0.4, 0.5) is 5.69 Å². The average Bonchev–Trinajstić information content (AvgIpc) is 2.71. The van der Waals surface area contributed by atoms with Gasteiger partial charge in [0.1, 0.15) is 12.3 Å². The van der Waals surface area contributed by atoms with Crippen LogP contribution in [0.25, 0.3) is 0 Å². The third-order valence-electron chi connectivity index (χ3n) is 4.17. The van der Waals surface area contributed by atoms with Crippen molar-refractivity contribution >= 4 is 33.7 Å². The molecule has 0 heterocycles. The van der Waals surface area contributed by atoms with E-state index in [0.717, 1.165) is 16.1 Å². The molecule has 0 fully saturated rings. The summed E-state index contributed by atoms with van der Waals surface area (Å²) in [5, 5.41) is 6.61. The molecule has 0 unspecified atom stereocenters. The number of para-hydroxylation sites is 1. The lowest BCUT2D eigenvalue weighted by atomic mass is 10.2. The molecule has 0 aliphatic heterocycles. The minimum Gasteiger partial charge on any atom is -0.484 e. The third kappa shape index (κ3) is 8.03. The lowest BCUT2D eigenvalue weighted by molar-refractivity contribution is -0.123. The maximum atomic E-state index is 12.3. The fourth-order valence-electron chi connectivity index (χ4n) is 2.73. The van der Waals surface area contributed by atoms with Gasteiger partial charge in [0.05, 0.1) is 18.2 Å². The maximum Gasteiger partial charge on any atom is 0.260 e. The number of anilines is 1. The van der Waals surface area contributed by atoms with E-state index in [2.05, 4.69) is 15.8 Å². The zero-order valence-corrected chi connectivity index (χ0v) is 19.3. The number of carbonyl (C=O) groups is 2. The molecular formula is C22H28N4O5S. The van der Waals surface area contributed by atoms with E-state index >= 15 is 0 Å². The topological polar surface area (TPSA) is 117 Å². The summed E-state index contributed by atoms with van der Waals surface area (Å²) in [6.45, 7) is 5.03. The lowest BCUT2D eigenvalue weighted by Gasteiger charge is -2.23. The van der Waals surface area contributed by atoms with Gasteiger partial charge in [0, 0.05) is 6.04 Å². The van der Waals surface area contributed by atoms with Crippen LogP contribution in [0, 0.1) is 6.92 Å². The highest BCUT2D eigenvalue weighted by Crippen LogP contribution is 2.21. The number of amides is 2. The Balaban J connectivity index is 1.92. The molecule has 2 aromatic carbocycles. The van der Waals surface area contributed by atoms with Crippen molar-refractivity contribution in [1.82, 2.24) is 10.7 Å². The molecule has 0 atom stereocenters. The van der Waals surface area contributed by atoms with Gasteiger partial charge >= 0.3 is 0 Å². The Bertz CT molecular complexity index is 1070. The van der Waals surface area contributed by atoms with Gasteiger partial charge < -0.3 is 10.1 Å². The minimum absolute atomic E-state index is 0.0427. The quantitative estimate of drug-likeness (QED) is 0.414. The molecule has 172 valence electrons. The first kappa shape index (κ1) is 24.9. The van der Waals surface area contributed by atoms with Gasteiger partial charge in [-0.3, -0.25) is 13.9 Å². The zero-order chi connectivity index (χ0) is 23.7. The smallest absolute Gasteiger partial charge is 0.260 e. The van der Waals surface area contributed by atoms with Crippen molar-refractivity contribution in [2.24, 2.45) is 5.10 Å². The number of sulfonamides is 1. The van der Waals surface area contributed by atoms with Crippen LogP contribution in [0.5, 0.6) is 5.75 Å². The normalized spacial score (nSPS) is 11.4. The lowest BCUT2D eigenvalue weighted by Crippen LogP contribution is -2.39. The Morgan fingerprint density at radius 3 is 2.34 bits per heavy atom. The Kier molecular flexibility index (Phi) is 8.77. The summed E-state index contributed by atoms with van der Waals surface area (Å²) in [6.07, 6.45) is 2.47. The number of benzene rings is 2. The molecule has 0 radical (unpaired) electrons. The second-order valence-corrected chi connectivity index (χ2v) is 9.34. The number of carbonyl (C=O) groups excluding carboxylic acids is 2. The van der Waals surface area contributed by atoms with Crippen LogP contribution < -0.4 is 19.8 Å². The van der Waals surface area contributed by atoms with Gasteiger partial charge in [0.2, 0.25) is 10.0 Å². The molecular weight excluding hydrogens is 432 g/mol. The number of hydrazone groups is 1. The highest BCUT2D eigenvalue weighted by molar-refractivity contribution is 7.92. The van der Waals surface area contributed by atoms with E-state index in [1.165, 1.54) is 6.21 Å². The van der Waals surface area contributed by atoms with Gasteiger partial charge in [0.25, 0.3) is 11.8 Å². The maximum absolute atomic E-state index is 12.3. The average molecular weight is 461 g/mol. The Labute approximate surface area is 188 Å². The van der Waals surface area contributed by atoms with Crippen molar-refractivity contribution in [2.45, 2.75) is 26.8 Å². The van der Waals surface area contributed by atoms with Crippen molar-refractivity contribution in [3.05, 3.63) is 59.7 Å². The molecule has 0 bridgehead atoms. The van der Waals surface area contributed by atoms with Gasteiger partial charge in [-0.05, 0) is 62.2 Å². The number of nitrogens with zero attached hydrogens (tertiary/aromatic N) is 2. The zero-order valence-electron chi connectivity index (χ0n) is 18.5. The van der Waals surface area contributed by atoms with Crippen molar-refractivity contribution in [2.75, 3.05) is 23.7 Å². The van der Waals surface area contributed by atoms with E-state index in [9.17, 15) is 18.0 Å². The first-order valence-corrected chi connectivity index (χ1v) is 11.8. The summed E-state index contributed by atoms with van der Waals surface area (Å²) in [7, 11) is -3.66. The van der Waals surface area contributed by atoms with E-state index in [0.29, 0.717) is 17.0 Å². The van der Waals surface area contributed by atoms with Crippen molar-refractivity contribution < 1.29 is 22.7 Å². The van der Waals surface area contributed by atoms with Crippen LogP contribution >= 0.6 is 0 Å². The Hall–Kier alpha value is -3.40. The number of ether oxygens (including phenoxy) is 1. The first-order valence-electron chi connectivity index (χ1n) is 9.93. The number of hydrogen-bond acceptors (Lipinski definition) is 6. The summed E-state index contributed by atoms with van der Waals surface area (Å²) in [5.41, 5.74) is 4.19. The highest BCUT2D eigenvalue weighted by Gasteiger charge is 2.21. The first-order chi connectivity index (χ1) is 15.1. The van der Waals surface area contributed by atoms with E-state index in [1.54, 1.807) is 55.5 Å². The number of hydrogen-bond donors (Lipinski definition) is 2. The summed E-state index contributed by atoms with van der Waals surface area (Å²) >= 11 is 0. The fraction of sp³-hybridized carbons (Fsp3) is 0.318. The summed E-state index contributed by atoms with van der Waals surface area (Å²) < 4.78 is 30.8. The number of aryl methyl sites for hydroxylation is 1. The molecule has 0 saturated carbocycles. The van der Waals surface area contributed by atoms with Crippen LogP contribution in [0.15, 0.2) is 53.6 Å². The van der Waals surface area contributed by atoms with Crippen molar-refractivity contribution in [1.29, 1.82) is 0 Å². The SMILES string of the molecule is Cc1ccccc1N(CC(=O)N/N=C\c1ccc(OCC(=O)NC(C)C)cc1)S(C)(=O)=O. The standard InChI is InChI=1S/C22H28N4O5S/c1-16(2)24-22(28)15-31-19-11-9-18(10-12-19)13-23-25-21(27)14-26(32(4,29)30)20-8-6-5-7-17(20)3/h5-13,16H,14-15H2,1-4H3,(H,24,28)(H,25,27)/b23-13-. The van der Waals surface area contributed by atoms with Gasteiger partial charge in [-0.1, -0.05) is 18.2 Å². The fourth-order valence-corrected chi connectivity index (χ4v) is 3.65. The molecule has 0 spiro atoms. The van der Waals surface area contributed by atoms with Crippen molar-refractivity contribution in [3.63, 3.8) is 0 Å². The number of nitrogens with one attached hydrogen (secondary N) is 2. The van der Waals surface area contributed by atoms with Crippen LogP contribution in [-0.4, -0.2) is 51.9 Å². The third-order valence-corrected chi connectivity index (χ3v) is 5.30. The predicted octanol–water partition coefficient (Wildman–Crippen LogP) is 1.81. The Morgan fingerprint density at radius 2 is 1.75 bits per heavy atom. The van der Waals surface area contributed by atoms with Gasteiger partial charge in [-0.2, -0.15) is 5.10 Å². The van der Waals surface area contributed by atoms with E-state index in [4.69, 9.17) is 4.74 Å². The molecule has 0 aliphatic rings.